The fourth-order valence-electron chi connectivity index (χ4n) is 1.86. The molecule has 0 atom stereocenters. The van der Waals surface area contributed by atoms with Crippen molar-refractivity contribution >= 4 is 5.69 Å². The molecule has 0 saturated heterocycles. The fraction of sp³-hybridized carbons (Fsp3) is 0.375. The van der Waals surface area contributed by atoms with Gasteiger partial charge in [-0.3, -0.25) is 9.97 Å². The van der Waals surface area contributed by atoms with Crippen LogP contribution < -0.4 is 10.1 Å². The normalized spacial score (nSPS) is 10.6. The Bertz CT molecular complexity index is 555. The van der Waals surface area contributed by atoms with Crippen molar-refractivity contribution in [3.63, 3.8) is 0 Å². The largest absolute Gasteiger partial charge is 0.489 e. The van der Waals surface area contributed by atoms with Crippen molar-refractivity contribution in [2.24, 2.45) is 0 Å². The predicted molar refractivity (Wildman–Crippen MR) is 82.0 cm³/mol. The van der Waals surface area contributed by atoms with Crippen LogP contribution in [0.4, 0.5) is 5.69 Å². The summed E-state index contributed by atoms with van der Waals surface area (Å²) in [5.74, 6) is 0.770. The Morgan fingerprint density at radius 1 is 1.25 bits per heavy atom. The minimum atomic E-state index is 0.137. The Hall–Kier alpha value is -2.10. The van der Waals surface area contributed by atoms with Crippen molar-refractivity contribution in [1.82, 2.24) is 9.97 Å². The molecule has 20 heavy (non-hydrogen) atoms. The molecule has 4 nitrogen and oxygen atoms in total. The molecule has 0 aliphatic heterocycles. The van der Waals surface area contributed by atoms with Crippen molar-refractivity contribution in [3.8, 4) is 17.0 Å². The number of nitrogens with one attached hydrogen (secondary N) is 1. The summed E-state index contributed by atoms with van der Waals surface area (Å²) >= 11 is 0. The van der Waals surface area contributed by atoms with Gasteiger partial charge in [-0.2, -0.15) is 0 Å². The molecule has 0 bridgehead atoms. The topological polar surface area (TPSA) is 47.0 Å². The molecule has 0 unspecified atom stereocenters. The number of hydrogen-bond acceptors (Lipinski definition) is 4. The van der Waals surface area contributed by atoms with Crippen molar-refractivity contribution < 1.29 is 4.74 Å². The molecule has 106 valence electrons. The highest BCUT2D eigenvalue weighted by molar-refractivity contribution is 5.64. The number of hydrogen-bond donors (Lipinski definition) is 1. The molecule has 0 aromatic carbocycles. The number of ether oxygens (including phenoxy) is 1. The Morgan fingerprint density at radius 2 is 2.10 bits per heavy atom. The van der Waals surface area contributed by atoms with Crippen LogP contribution in [-0.2, 0) is 0 Å². The molecule has 2 aromatic rings. The SMILES string of the molecule is CCCNc1ccnc(-c2cncc(OC(C)C)c2)c1. The third-order valence-corrected chi connectivity index (χ3v) is 2.72. The van der Waals surface area contributed by atoms with E-state index in [0.717, 1.165) is 35.7 Å². The molecule has 1 N–H and O–H groups in total. The summed E-state index contributed by atoms with van der Waals surface area (Å²) in [6, 6.07) is 5.98. The van der Waals surface area contributed by atoms with Gasteiger partial charge in [0.2, 0.25) is 0 Å². The van der Waals surface area contributed by atoms with Crippen LogP contribution >= 0.6 is 0 Å². The van der Waals surface area contributed by atoms with Crippen LogP contribution in [0, 0.1) is 0 Å². The van der Waals surface area contributed by atoms with Crippen LogP contribution in [0.3, 0.4) is 0 Å². The van der Waals surface area contributed by atoms with E-state index in [-0.39, 0.29) is 6.10 Å². The van der Waals surface area contributed by atoms with Gasteiger partial charge in [0.15, 0.2) is 0 Å². The van der Waals surface area contributed by atoms with E-state index in [0.29, 0.717) is 0 Å². The molecule has 0 aliphatic rings. The molecule has 0 saturated carbocycles. The van der Waals surface area contributed by atoms with E-state index in [2.05, 4.69) is 22.2 Å². The van der Waals surface area contributed by atoms with Crippen LogP contribution in [0.15, 0.2) is 36.8 Å². The van der Waals surface area contributed by atoms with Gasteiger partial charge < -0.3 is 10.1 Å². The minimum absolute atomic E-state index is 0.137. The number of nitrogens with zero attached hydrogens (tertiary/aromatic N) is 2. The van der Waals surface area contributed by atoms with Crippen LogP contribution in [0.2, 0.25) is 0 Å². The zero-order valence-corrected chi connectivity index (χ0v) is 12.3. The Balaban J connectivity index is 2.22. The first-order valence-electron chi connectivity index (χ1n) is 7.01. The maximum atomic E-state index is 5.67. The van der Waals surface area contributed by atoms with Crippen LogP contribution in [0.5, 0.6) is 5.75 Å². The highest BCUT2D eigenvalue weighted by Gasteiger charge is 2.04. The summed E-state index contributed by atoms with van der Waals surface area (Å²) in [6.45, 7) is 7.10. The van der Waals surface area contributed by atoms with Gasteiger partial charge in [0.25, 0.3) is 0 Å². The second-order valence-corrected chi connectivity index (χ2v) is 4.93. The first-order chi connectivity index (χ1) is 9.69. The van der Waals surface area contributed by atoms with E-state index in [4.69, 9.17) is 4.74 Å². The molecule has 0 radical (unpaired) electrons. The van der Waals surface area contributed by atoms with Gasteiger partial charge in [0, 0.05) is 30.2 Å². The first-order valence-corrected chi connectivity index (χ1v) is 7.01. The van der Waals surface area contributed by atoms with Gasteiger partial charge >= 0.3 is 0 Å². The number of pyridine rings is 2. The number of rotatable bonds is 6. The van der Waals surface area contributed by atoms with Gasteiger partial charge in [-0.05, 0) is 38.5 Å². The van der Waals surface area contributed by atoms with E-state index >= 15 is 0 Å². The Kier molecular flexibility index (Phi) is 4.93. The fourth-order valence-corrected chi connectivity index (χ4v) is 1.86. The van der Waals surface area contributed by atoms with Crippen molar-refractivity contribution in [3.05, 3.63) is 36.8 Å². The zero-order chi connectivity index (χ0) is 14.4. The van der Waals surface area contributed by atoms with Gasteiger partial charge in [0.1, 0.15) is 5.75 Å². The van der Waals surface area contributed by atoms with Gasteiger partial charge in [-0.1, -0.05) is 6.92 Å². The zero-order valence-electron chi connectivity index (χ0n) is 12.3. The molecule has 0 spiro atoms. The molecule has 0 aliphatic carbocycles. The highest BCUT2D eigenvalue weighted by Crippen LogP contribution is 2.23. The molecule has 0 fully saturated rings. The average molecular weight is 271 g/mol. The van der Waals surface area contributed by atoms with E-state index in [1.807, 2.05) is 38.2 Å². The predicted octanol–water partition coefficient (Wildman–Crippen LogP) is 3.75. The van der Waals surface area contributed by atoms with Crippen LogP contribution in [0.25, 0.3) is 11.3 Å². The second-order valence-electron chi connectivity index (χ2n) is 4.93. The molecular weight excluding hydrogens is 250 g/mol. The first kappa shape index (κ1) is 14.3. The summed E-state index contributed by atoms with van der Waals surface area (Å²) < 4.78 is 5.67. The monoisotopic (exact) mass is 271 g/mol. The molecule has 2 rings (SSSR count). The average Bonchev–Trinajstić information content (AvgIpc) is 2.45. The van der Waals surface area contributed by atoms with Crippen molar-refractivity contribution in [1.29, 1.82) is 0 Å². The second kappa shape index (κ2) is 6.89. The molecule has 2 heterocycles. The molecule has 4 heteroatoms. The maximum Gasteiger partial charge on any atom is 0.138 e. The van der Waals surface area contributed by atoms with Crippen molar-refractivity contribution in [2.75, 3.05) is 11.9 Å². The quantitative estimate of drug-likeness (QED) is 0.869. The third-order valence-electron chi connectivity index (χ3n) is 2.72. The van der Waals surface area contributed by atoms with Gasteiger partial charge in [-0.15, -0.1) is 0 Å². The van der Waals surface area contributed by atoms with Crippen LogP contribution in [-0.4, -0.2) is 22.6 Å². The lowest BCUT2D eigenvalue weighted by molar-refractivity contribution is 0.241. The lowest BCUT2D eigenvalue weighted by atomic mass is 10.1. The summed E-state index contributed by atoms with van der Waals surface area (Å²) in [6.07, 6.45) is 6.57. The number of aromatic nitrogens is 2. The number of anilines is 1. The van der Waals surface area contributed by atoms with E-state index in [1.54, 1.807) is 12.4 Å². The van der Waals surface area contributed by atoms with E-state index in [9.17, 15) is 0 Å². The third kappa shape index (κ3) is 3.95. The highest BCUT2D eigenvalue weighted by atomic mass is 16.5. The summed E-state index contributed by atoms with van der Waals surface area (Å²) in [5.41, 5.74) is 2.93. The molecule has 2 aromatic heterocycles. The summed E-state index contributed by atoms with van der Waals surface area (Å²) in [5, 5.41) is 3.36. The smallest absolute Gasteiger partial charge is 0.138 e. The summed E-state index contributed by atoms with van der Waals surface area (Å²) in [7, 11) is 0. The molecule has 0 amide bonds. The lowest BCUT2D eigenvalue weighted by Crippen LogP contribution is -2.05. The molecular formula is C16H21N3O. The minimum Gasteiger partial charge on any atom is -0.489 e. The lowest BCUT2D eigenvalue weighted by Gasteiger charge is -2.11. The van der Waals surface area contributed by atoms with E-state index in [1.165, 1.54) is 0 Å². The Labute approximate surface area is 120 Å². The standard InChI is InChI=1S/C16H21N3O/c1-4-6-18-14-5-7-19-16(9-14)13-8-15(11-17-10-13)20-12(2)3/h5,7-12H,4,6H2,1-3H3,(H,18,19). The summed E-state index contributed by atoms with van der Waals surface area (Å²) in [4.78, 5) is 8.62. The van der Waals surface area contributed by atoms with Crippen LogP contribution in [0.1, 0.15) is 27.2 Å². The van der Waals surface area contributed by atoms with Crippen molar-refractivity contribution in [2.45, 2.75) is 33.3 Å². The van der Waals surface area contributed by atoms with E-state index < -0.39 is 0 Å². The Morgan fingerprint density at radius 3 is 2.85 bits per heavy atom. The van der Waals surface area contributed by atoms with Gasteiger partial charge in [-0.25, -0.2) is 0 Å². The van der Waals surface area contributed by atoms with Gasteiger partial charge in [0.05, 0.1) is 18.0 Å². The maximum absolute atomic E-state index is 5.67.